The fourth-order valence-electron chi connectivity index (χ4n) is 4.69. The van der Waals surface area contributed by atoms with E-state index in [2.05, 4.69) is 83.2 Å². The summed E-state index contributed by atoms with van der Waals surface area (Å²) in [6.45, 7) is 4.94. The first-order valence-corrected chi connectivity index (χ1v) is 9.01. The largest absolute Gasteiger partial charge is 0.334 e. The minimum absolute atomic E-state index is 0.162. The molecule has 4 rings (SSSR count). The highest BCUT2D eigenvalue weighted by molar-refractivity contribution is 9.10. The predicted octanol–water partition coefficient (Wildman–Crippen LogP) is 6.19. The van der Waals surface area contributed by atoms with Gasteiger partial charge in [-0.3, -0.25) is 0 Å². The highest BCUT2D eigenvalue weighted by Crippen LogP contribution is 2.60. The zero-order valence-electron chi connectivity index (χ0n) is 13.3. The van der Waals surface area contributed by atoms with Gasteiger partial charge in [0.15, 0.2) is 0 Å². The molecule has 0 saturated heterocycles. The second-order valence-electron chi connectivity index (χ2n) is 7.15. The zero-order valence-corrected chi connectivity index (χ0v) is 14.9. The molecule has 2 unspecified atom stereocenters. The topological polar surface area (TPSA) is 3.24 Å². The van der Waals surface area contributed by atoms with Gasteiger partial charge in [-0.25, -0.2) is 0 Å². The summed E-state index contributed by atoms with van der Waals surface area (Å²) in [5.74, 6) is 0. The summed E-state index contributed by atoms with van der Waals surface area (Å²) in [7, 11) is 0. The molecule has 0 radical (unpaired) electrons. The van der Waals surface area contributed by atoms with Gasteiger partial charge in [-0.05, 0) is 55.7 Å². The summed E-state index contributed by atoms with van der Waals surface area (Å²) in [5.41, 5.74) is 4.60. The number of fused-ring (bicyclic) bond motifs is 3. The van der Waals surface area contributed by atoms with E-state index in [0.717, 1.165) is 0 Å². The average Bonchev–Trinajstić information content (AvgIpc) is 2.73. The van der Waals surface area contributed by atoms with Crippen molar-refractivity contribution in [1.82, 2.24) is 0 Å². The Labute approximate surface area is 141 Å². The van der Waals surface area contributed by atoms with E-state index in [1.54, 1.807) is 0 Å². The maximum Gasteiger partial charge on any atom is 0.0517 e. The lowest BCUT2D eigenvalue weighted by Crippen LogP contribution is -2.54. The Bertz CT molecular complexity index is 711. The van der Waals surface area contributed by atoms with Gasteiger partial charge in [0.2, 0.25) is 0 Å². The van der Waals surface area contributed by atoms with Crippen LogP contribution in [-0.2, 0) is 5.41 Å². The number of hydrogen-bond acceptors (Lipinski definition) is 1. The SMILES string of the molecule is CC12CCCCC1(C)N(c1ccccc1)c1ccc(Br)cc12. The van der Waals surface area contributed by atoms with Gasteiger partial charge >= 0.3 is 0 Å². The van der Waals surface area contributed by atoms with Gasteiger partial charge in [-0.15, -0.1) is 0 Å². The molecule has 0 spiro atoms. The fraction of sp³-hybridized carbons (Fsp3) is 0.400. The standard InChI is InChI=1S/C20H22BrN/c1-19-12-6-7-13-20(19,2)22(16-8-4-3-5-9-16)18-11-10-15(21)14-17(18)19/h3-5,8-11,14H,6-7,12-13H2,1-2H3. The molecule has 0 N–H and O–H groups in total. The number of para-hydroxylation sites is 1. The second-order valence-corrected chi connectivity index (χ2v) is 8.06. The van der Waals surface area contributed by atoms with Crippen LogP contribution in [0.15, 0.2) is 53.0 Å². The summed E-state index contributed by atoms with van der Waals surface area (Å²) < 4.78 is 1.19. The first-order chi connectivity index (χ1) is 10.6. The molecule has 0 bridgehead atoms. The van der Waals surface area contributed by atoms with Crippen LogP contribution >= 0.6 is 15.9 Å². The van der Waals surface area contributed by atoms with Crippen molar-refractivity contribution < 1.29 is 0 Å². The van der Waals surface area contributed by atoms with Crippen LogP contribution in [0, 0.1) is 0 Å². The van der Waals surface area contributed by atoms with E-state index in [-0.39, 0.29) is 11.0 Å². The van der Waals surface area contributed by atoms with E-state index in [0.29, 0.717) is 0 Å². The van der Waals surface area contributed by atoms with Crippen molar-refractivity contribution in [2.24, 2.45) is 0 Å². The highest BCUT2D eigenvalue weighted by atomic mass is 79.9. The number of hydrogen-bond donors (Lipinski definition) is 0. The van der Waals surface area contributed by atoms with Crippen molar-refractivity contribution in [3.63, 3.8) is 0 Å². The van der Waals surface area contributed by atoms with Crippen LogP contribution in [0.1, 0.15) is 45.1 Å². The first-order valence-electron chi connectivity index (χ1n) is 8.22. The molecule has 1 heterocycles. The van der Waals surface area contributed by atoms with E-state index >= 15 is 0 Å². The van der Waals surface area contributed by atoms with Crippen LogP contribution in [-0.4, -0.2) is 5.54 Å². The fourth-order valence-corrected chi connectivity index (χ4v) is 5.05. The lowest BCUT2D eigenvalue weighted by molar-refractivity contribution is 0.195. The van der Waals surface area contributed by atoms with Crippen molar-refractivity contribution in [2.45, 2.75) is 50.5 Å². The van der Waals surface area contributed by atoms with Crippen molar-refractivity contribution in [2.75, 3.05) is 4.90 Å². The zero-order chi connectivity index (χ0) is 15.4. The van der Waals surface area contributed by atoms with Crippen LogP contribution in [0.25, 0.3) is 0 Å². The Morgan fingerprint density at radius 3 is 2.45 bits per heavy atom. The molecule has 22 heavy (non-hydrogen) atoms. The third kappa shape index (κ3) is 1.76. The van der Waals surface area contributed by atoms with Crippen molar-refractivity contribution in [1.29, 1.82) is 0 Å². The molecular weight excluding hydrogens is 334 g/mol. The van der Waals surface area contributed by atoms with Crippen LogP contribution in [0.4, 0.5) is 11.4 Å². The van der Waals surface area contributed by atoms with E-state index < -0.39 is 0 Å². The van der Waals surface area contributed by atoms with E-state index in [1.165, 1.54) is 47.1 Å². The number of rotatable bonds is 1. The van der Waals surface area contributed by atoms with Gasteiger partial charge in [0.1, 0.15) is 0 Å². The molecule has 2 aromatic rings. The van der Waals surface area contributed by atoms with Crippen LogP contribution in [0.5, 0.6) is 0 Å². The summed E-state index contributed by atoms with van der Waals surface area (Å²) in [6, 6.07) is 17.7. The van der Waals surface area contributed by atoms with Gasteiger partial charge in [0, 0.05) is 21.3 Å². The molecule has 0 amide bonds. The third-order valence-corrected chi connectivity index (χ3v) is 6.57. The summed E-state index contributed by atoms with van der Waals surface area (Å²) in [6.07, 6.45) is 5.19. The van der Waals surface area contributed by atoms with E-state index in [1.807, 2.05) is 0 Å². The van der Waals surface area contributed by atoms with Crippen molar-refractivity contribution in [3.05, 3.63) is 58.6 Å². The Kier molecular flexibility index (Phi) is 3.16. The molecule has 1 aliphatic heterocycles. The Morgan fingerprint density at radius 2 is 1.68 bits per heavy atom. The Morgan fingerprint density at radius 1 is 0.955 bits per heavy atom. The Balaban J connectivity index is 1.98. The summed E-state index contributed by atoms with van der Waals surface area (Å²) >= 11 is 3.68. The van der Waals surface area contributed by atoms with Crippen molar-refractivity contribution in [3.8, 4) is 0 Å². The molecule has 114 valence electrons. The summed E-state index contributed by atoms with van der Waals surface area (Å²) in [5, 5.41) is 0. The van der Waals surface area contributed by atoms with Gasteiger partial charge < -0.3 is 4.90 Å². The highest BCUT2D eigenvalue weighted by Gasteiger charge is 2.57. The normalized spacial score (nSPS) is 30.0. The molecule has 2 aliphatic rings. The molecule has 0 aromatic heterocycles. The molecule has 1 fully saturated rings. The number of halogens is 1. The molecule has 1 aliphatic carbocycles. The maximum atomic E-state index is 3.68. The minimum atomic E-state index is 0.162. The number of benzene rings is 2. The average molecular weight is 356 g/mol. The molecule has 2 aromatic carbocycles. The monoisotopic (exact) mass is 355 g/mol. The number of nitrogens with zero attached hydrogens (tertiary/aromatic N) is 1. The second kappa shape index (κ2) is 4.86. The quantitative estimate of drug-likeness (QED) is 0.589. The van der Waals surface area contributed by atoms with Gasteiger partial charge in [-0.1, -0.05) is 53.9 Å². The first kappa shape index (κ1) is 14.3. The van der Waals surface area contributed by atoms with Crippen LogP contribution in [0.2, 0.25) is 0 Å². The van der Waals surface area contributed by atoms with Crippen LogP contribution in [0.3, 0.4) is 0 Å². The van der Waals surface area contributed by atoms with E-state index in [4.69, 9.17) is 0 Å². The van der Waals surface area contributed by atoms with Gasteiger partial charge in [0.25, 0.3) is 0 Å². The lowest BCUT2D eigenvalue weighted by Gasteiger charge is -2.50. The Hall–Kier alpha value is -1.28. The van der Waals surface area contributed by atoms with Crippen molar-refractivity contribution >= 4 is 27.3 Å². The smallest absolute Gasteiger partial charge is 0.0517 e. The summed E-state index contributed by atoms with van der Waals surface area (Å²) in [4.78, 5) is 2.61. The predicted molar refractivity (Wildman–Crippen MR) is 96.9 cm³/mol. The number of anilines is 2. The maximum absolute atomic E-state index is 3.68. The van der Waals surface area contributed by atoms with E-state index in [9.17, 15) is 0 Å². The molecule has 2 heteroatoms. The molecule has 1 nitrogen and oxygen atoms in total. The van der Waals surface area contributed by atoms with Gasteiger partial charge in [-0.2, -0.15) is 0 Å². The molecule has 1 saturated carbocycles. The molecule has 2 atom stereocenters. The molecular formula is C20H22BrN. The third-order valence-electron chi connectivity index (χ3n) is 6.08. The lowest BCUT2D eigenvalue weighted by atomic mass is 9.61. The minimum Gasteiger partial charge on any atom is -0.334 e. The van der Waals surface area contributed by atoms with Crippen LogP contribution < -0.4 is 4.90 Å². The van der Waals surface area contributed by atoms with Gasteiger partial charge in [0.05, 0.1) is 5.54 Å².